The van der Waals surface area contributed by atoms with Gasteiger partial charge in [0.15, 0.2) is 0 Å². The summed E-state index contributed by atoms with van der Waals surface area (Å²) in [7, 11) is 0. The van der Waals surface area contributed by atoms with Crippen molar-refractivity contribution in [3.05, 3.63) is 30.0 Å². The average Bonchev–Trinajstić information content (AvgIpc) is 2.27. The summed E-state index contributed by atoms with van der Waals surface area (Å²) < 4.78 is 0. The van der Waals surface area contributed by atoms with Crippen molar-refractivity contribution in [2.24, 2.45) is 0 Å². The lowest BCUT2D eigenvalue weighted by molar-refractivity contribution is 0.813. The van der Waals surface area contributed by atoms with Crippen molar-refractivity contribution >= 4 is 10.9 Å². The lowest BCUT2D eigenvalue weighted by Gasteiger charge is -2.13. The summed E-state index contributed by atoms with van der Waals surface area (Å²) in [4.78, 5) is 13.0. The molecule has 0 N–H and O–H groups in total. The first kappa shape index (κ1) is 11.0. The third-order valence-corrected chi connectivity index (χ3v) is 2.78. The summed E-state index contributed by atoms with van der Waals surface area (Å²) in [5.41, 5.74) is 3.28. The summed E-state index contributed by atoms with van der Waals surface area (Å²) in [5.74, 6) is 0.834. The second-order valence-electron chi connectivity index (χ2n) is 4.69. The Labute approximate surface area is 96.0 Å². The second-order valence-corrected chi connectivity index (χ2v) is 4.69. The van der Waals surface area contributed by atoms with Gasteiger partial charge in [-0.2, -0.15) is 0 Å². The lowest BCUT2D eigenvalue weighted by Crippen LogP contribution is -2.01. The molecule has 0 aliphatic rings. The molecule has 0 fully saturated rings. The van der Waals surface area contributed by atoms with Crippen molar-refractivity contribution in [3.8, 4) is 0 Å². The standard InChI is InChI=1S/C13H17N3/c1-8(2)10-6-15-12(9(3)4)13-11(10)5-14-7-16-13/h5-9H,1-4H3. The van der Waals surface area contributed by atoms with Gasteiger partial charge in [0.1, 0.15) is 6.33 Å². The minimum atomic E-state index is 0.388. The van der Waals surface area contributed by atoms with E-state index >= 15 is 0 Å². The van der Waals surface area contributed by atoms with Crippen LogP contribution in [-0.4, -0.2) is 15.0 Å². The fourth-order valence-corrected chi connectivity index (χ4v) is 1.90. The van der Waals surface area contributed by atoms with Crippen LogP contribution in [0.4, 0.5) is 0 Å². The highest BCUT2D eigenvalue weighted by molar-refractivity contribution is 5.83. The van der Waals surface area contributed by atoms with Crippen molar-refractivity contribution in [2.45, 2.75) is 39.5 Å². The van der Waals surface area contributed by atoms with Crippen LogP contribution in [-0.2, 0) is 0 Å². The molecule has 0 radical (unpaired) electrons. The first-order valence-electron chi connectivity index (χ1n) is 5.69. The number of hydrogen-bond donors (Lipinski definition) is 0. The number of pyridine rings is 1. The van der Waals surface area contributed by atoms with Crippen LogP contribution in [0.1, 0.15) is 50.8 Å². The van der Waals surface area contributed by atoms with Gasteiger partial charge in [0.25, 0.3) is 0 Å². The molecule has 0 atom stereocenters. The average molecular weight is 215 g/mol. The molecule has 0 amide bonds. The van der Waals surface area contributed by atoms with Crippen molar-refractivity contribution in [1.29, 1.82) is 0 Å². The molecular formula is C13H17N3. The monoisotopic (exact) mass is 215 g/mol. The van der Waals surface area contributed by atoms with E-state index in [-0.39, 0.29) is 0 Å². The highest BCUT2D eigenvalue weighted by Gasteiger charge is 2.13. The molecule has 0 aromatic carbocycles. The molecule has 3 heteroatoms. The molecule has 2 heterocycles. The smallest absolute Gasteiger partial charge is 0.116 e. The molecule has 3 nitrogen and oxygen atoms in total. The maximum absolute atomic E-state index is 4.54. The lowest BCUT2D eigenvalue weighted by atomic mass is 9.98. The van der Waals surface area contributed by atoms with E-state index < -0.39 is 0 Å². The summed E-state index contributed by atoms with van der Waals surface area (Å²) >= 11 is 0. The van der Waals surface area contributed by atoms with E-state index in [4.69, 9.17) is 0 Å². The molecular weight excluding hydrogens is 198 g/mol. The Morgan fingerprint density at radius 3 is 2.31 bits per heavy atom. The van der Waals surface area contributed by atoms with E-state index in [0.717, 1.165) is 16.6 Å². The molecule has 0 saturated carbocycles. The third-order valence-electron chi connectivity index (χ3n) is 2.78. The van der Waals surface area contributed by atoms with E-state index in [0.29, 0.717) is 11.8 Å². The van der Waals surface area contributed by atoms with Crippen LogP contribution in [0.2, 0.25) is 0 Å². The van der Waals surface area contributed by atoms with Crippen LogP contribution < -0.4 is 0 Å². The zero-order chi connectivity index (χ0) is 11.7. The van der Waals surface area contributed by atoms with Gasteiger partial charge in [-0.3, -0.25) is 4.98 Å². The Morgan fingerprint density at radius 2 is 1.69 bits per heavy atom. The van der Waals surface area contributed by atoms with Gasteiger partial charge in [0, 0.05) is 17.8 Å². The minimum absolute atomic E-state index is 0.388. The zero-order valence-corrected chi connectivity index (χ0v) is 10.2. The van der Waals surface area contributed by atoms with Gasteiger partial charge in [-0.1, -0.05) is 27.7 Å². The predicted molar refractivity (Wildman–Crippen MR) is 65.5 cm³/mol. The van der Waals surface area contributed by atoms with E-state index in [2.05, 4.69) is 42.6 Å². The molecule has 16 heavy (non-hydrogen) atoms. The Kier molecular flexibility index (Phi) is 2.86. The Bertz CT molecular complexity index is 457. The SMILES string of the molecule is CC(C)c1cnc(C(C)C)c2ncncc12. The Balaban J connectivity index is 2.77. The Hall–Kier alpha value is -1.51. The van der Waals surface area contributed by atoms with Gasteiger partial charge < -0.3 is 0 Å². The topological polar surface area (TPSA) is 38.7 Å². The van der Waals surface area contributed by atoms with Gasteiger partial charge in [-0.25, -0.2) is 9.97 Å². The predicted octanol–water partition coefficient (Wildman–Crippen LogP) is 3.27. The molecule has 84 valence electrons. The van der Waals surface area contributed by atoms with Crippen molar-refractivity contribution in [2.75, 3.05) is 0 Å². The van der Waals surface area contributed by atoms with E-state index in [9.17, 15) is 0 Å². The van der Waals surface area contributed by atoms with Gasteiger partial charge in [0.2, 0.25) is 0 Å². The highest BCUT2D eigenvalue weighted by atomic mass is 14.8. The quantitative estimate of drug-likeness (QED) is 0.771. The largest absolute Gasteiger partial charge is 0.258 e. The molecule has 2 rings (SSSR count). The number of aromatic nitrogens is 3. The second kappa shape index (κ2) is 4.16. The summed E-state index contributed by atoms with van der Waals surface area (Å²) in [5, 5.41) is 1.14. The summed E-state index contributed by atoms with van der Waals surface area (Å²) in [6.07, 6.45) is 5.46. The van der Waals surface area contributed by atoms with Gasteiger partial charge in [-0.05, 0) is 17.4 Å². The molecule has 0 aliphatic carbocycles. The number of hydrogen-bond acceptors (Lipinski definition) is 3. The van der Waals surface area contributed by atoms with Gasteiger partial charge in [0.05, 0.1) is 11.2 Å². The van der Waals surface area contributed by atoms with E-state index in [1.54, 1.807) is 6.33 Å². The van der Waals surface area contributed by atoms with Crippen LogP contribution >= 0.6 is 0 Å². The maximum Gasteiger partial charge on any atom is 0.116 e. The third kappa shape index (κ3) is 1.77. The fraction of sp³-hybridized carbons (Fsp3) is 0.462. The normalized spacial score (nSPS) is 11.6. The summed E-state index contributed by atoms with van der Waals surface area (Å²) in [6, 6.07) is 0. The fourth-order valence-electron chi connectivity index (χ4n) is 1.90. The van der Waals surface area contributed by atoms with Crippen molar-refractivity contribution in [3.63, 3.8) is 0 Å². The molecule has 0 spiro atoms. The minimum Gasteiger partial charge on any atom is -0.258 e. The van der Waals surface area contributed by atoms with Crippen LogP contribution in [0, 0.1) is 0 Å². The summed E-state index contributed by atoms with van der Waals surface area (Å²) in [6.45, 7) is 8.61. The number of fused-ring (bicyclic) bond motifs is 1. The molecule has 0 bridgehead atoms. The Morgan fingerprint density at radius 1 is 0.938 bits per heavy atom. The van der Waals surface area contributed by atoms with E-state index in [1.165, 1.54) is 5.56 Å². The molecule has 0 unspecified atom stereocenters. The first-order chi connectivity index (χ1) is 7.61. The van der Waals surface area contributed by atoms with Crippen LogP contribution in [0.3, 0.4) is 0 Å². The zero-order valence-electron chi connectivity index (χ0n) is 10.2. The van der Waals surface area contributed by atoms with Gasteiger partial charge in [-0.15, -0.1) is 0 Å². The van der Waals surface area contributed by atoms with Crippen LogP contribution in [0.5, 0.6) is 0 Å². The molecule has 2 aromatic heterocycles. The van der Waals surface area contributed by atoms with Crippen molar-refractivity contribution in [1.82, 2.24) is 15.0 Å². The van der Waals surface area contributed by atoms with E-state index in [1.807, 2.05) is 12.4 Å². The van der Waals surface area contributed by atoms with Crippen LogP contribution in [0.15, 0.2) is 18.7 Å². The molecule has 0 aliphatic heterocycles. The molecule has 0 saturated heterocycles. The van der Waals surface area contributed by atoms with Crippen molar-refractivity contribution < 1.29 is 0 Å². The van der Waals surface area contributed by atoms with Gasteiger partial charge >= 0.3 is 0 Å². The van der Waals surface area contributed by atoms with Crippen LogP contribution in [0.25, 0.3) is 10.9 Å². The number of nitrogens with zero attached hydrogens (tertiary/aromatic N) is 3. The first-order valence-corrected chi connectivity index (χ1v) is 5.69. The number of rotatable bonds is 2. The highest BCUT2D eigenvalue weighted by Crippen LogP contribution is 2.27. The maximum atomic E-state index is 4.54. The molecule has 2 aromatic rings.